The molecule has 0 aliphatic rings. The second-order valence-electron chi connectivity index (χ2n) is 18.3. The Morgan fingerprint density at radius 2 is 1.32 bits per heavy atom. The average molecular weight is 1070 g/mol. The molecule has 7 heteroatoms. The van der Waals surface area contributed by atoms with Gasteiger partial charge in [-0.15, -0.1) is 89.5 Å². The molecule has 6 aromatic carbocycles. The molecule has 69 heavy (non-hydrogen) atoms. The Kier molecular flexibility index (Phi) is 12.4. The number of benzene rings is 6. The molecule has 6 nitrogen and oxygen atoms in total. The molecule has 0 aliphatic carbocycles. The molecule has 0 atom stereocenters. The number of para-hydroxylation sites is 1. The third kappa shape index (κ3) is 9.15. The van der Waals surface area contributed by atoms with E-state index >= 15 is 0 Å². The monoisotopic (exact) mass is 1070 g/mol. The Labute approximate surface area is 415 Å². The summed E-state index contributed by atoms with van der Waals surface area (Å²) < 4.78 is 8.44. The normalized spacial score (nSPS) is 11.4. The van der Waals surface area contributed by atoms with Gasteiger partial charge in [0.2, 0.25) is 5.71 Å². The first-order valence-corrected chi connectivity index (χ1v) is 22.9. The number of nitrogens with zero attached hydrogens (tertiary/aromatic N) is 5. The topological polar surface area (TPSA) is 69.6 Å². The number of aromatic nitrogens is 5. The minimum atomic E-state index is 0. The van der Waals surface area contributed by atoms with Crippen molar-refractivity contribution >= 4 is 43.9 Å². The maximum atomic E-state index is 6.08. The summed E-state index contributed by atoms with van der Waals surface area (Å²) >= 11 is 0. The van der Waals surface area contributed by atoms with Gasteiger partial charge in [-0.3, -0.25) is 0 Å². The molecule has 0 saturated carbocycles. The molecule has 12 rings (SSSR count). The quantitative estimate of drug-likeness (QED) is 0.149. The van der Waals surface area contributed by atoms with Crippen LogP contribution < -0.4 is 0 Å². The molecular formula is C62H46IrN5O. The largest absolute Gasteiger partial charge is 3.00 e. The Bertz CT molecular complexity index is 3760. The summed E-state index contributed by atoms with van der Waals surface area (Å²) in [6, 6.07) is 70.7. The standard InChI is InChI=1S/C40H25N3.C22H21N2O.Ir/c1-3-11-28(12-4-1)37-27-31(22-24-42-37)34-17-10-19-39-40(34)35-26-30(20-21-38(35)43(39)33-15-5-2-6-16-33)29-13-9-14-32(25-29)36-18-7-8-23-41-36;1-14-8-9-17-16-6-5-7-18(20(16)25-21(17)24-14)19-12-15(10-11-23-19)13-22(2,3)4;/h1-11,13,15-27H;5-6,8-12H,13H2,1-4H3;/q-2;-1;+3. The van der Waals surface area contributed by atoms with Gasteiger partial charge in [0.1, 0.15) is 0 Å². The summed E-state index contributed by atoms with van der Waals surface area (Å²) in [6.45, 7) is 8.70. The Morgan fingerprint density at radius 1 is 0.536 bits per heavy atom. The van der Waals surface area contributed by atoms with Crippen LogP contribution in [0.25, 0.3) is 106 Å². The van der Waals surface area contributed by atoms with Crippen molar-refractivity contribution in [2.45, 2.75) is 34.1 Å². The second kappa shape index (κ2) is 19.0. The van der Waals surface area contributed by atoms with Crippen LogP contribution in [0.15, 0.2) is 199 Å². The first-order chi connectivity index (χ1) is 33.2. The van der Waals surface area contributed by atoms with Gasteiger partial charge >= 0.3 is 20.1 Å². The molecule has 334 valence electrons. The molecule has 0 spiro atoms. The molecule has 0 aliphatic heterocycles. The van der Waals surface area contributed by atoms with E-state index in [0.29, 0.717) is 5.71 Å². The van der Waals surface area contributed by atoms with Gasteiger partial charge in [-0.05, 0) is 113 Å². The van der Waals surface area contributed by atoms with Crippen molar-refractivity contribution < 1.29 is 24.5 Å². The number of furan rings is 1. The molecule has 0 saturated heterocycles. The number of rotatable bonds is 7. The molecule has 0 radical (unpaired) electrons. The summed E-state index contributed by atoms with van der Waals surface area (Å²) in [7, 11) is 0. The van der Waals surface area contributed by atoms with E-state index in [1.165, 1.54) is 21.9 Å². The van der Waals surface area contributed by atoms with Crippen LogP contribution in [0.1, 0.15) is 32.0 Å². The van der Waals surface area contributed by atoms with E-state index < -0.39 is 0 Å². The zero-order valence-corrected chi connectivity index (χ0v) is 41.1. The van der Waals surface area contributed by atoms with Crippen molar-refractivity contribution in [3.63, 3.8) is 0 Å². The van der Waals surface area contributed by atoms with Gasteiger partial charge in [0.25, 0.3) is 0 Å². The van der Waals surface area contributed by atoms with Crippen molar-refractivity contribution in [3.05, 3.63) is 224 Å². The second-order valence-corrected chi connectivity index (χ2v) is 18.3. The van der Waals surface area contributed by atoms with Gasteiger partial charge in [-0.25, -0.2) is 4.98 Å². The van der Waals surface area contributed by atoms with Crippen LogP contribution in [0, 0.1) is 30.5 Å². The van der Waals surface area contributed by atoms with Crippen molar-refractivity contribution in [2.24, 2.45) is 5.41 Å². The number of pyridine rings is 4. The summed E-state index contributed by atoms with van der Waals surface area (Å²) in [4.78, 5) is 18.3. The SMILES string of the molecule is Cc1ccc2c(n1)oc1c(-c3cc(CC(C)(C)C)ccn3)[c-]ccc12.[Ir+3].[c-]1ccccc1-c1cc(-c2cccc3c2c2cc(-c4cc[c-]c(-c5ccccn5)c4)ccc2n3-c2ccccc2)ccn1. The zero-order chi connectivity index (χ0) is 46.2. The van der Waals surface area contributed by atoms with Crippen LogP contribution in [0.2, 0.25) is 0 Å². The smallest absolute Gasteiger partial charge is 0.486 e. The molecule has 6 aromatic heterocycles. The van der Waals surface area contributed by atoms with Crippen LogP contribution in [-0.4, -0.2) is 24.5 Å². The maximum Gasteiger partial charge on any atom is 3.00 e. The predicted octanol–water partition coefficient (Wildman–Crippen LogP) is 15.6. The third-order valence-corrected chi connectivity index (χ3v) is 12.2. The summed E-state index contributed by atoms with van der Waals surface area (Å²) in [5.41, 5.74) is 17.5. The third-order valence-electron chi connectivity index (χ3n) is 12.2. The van der Waals surface area contributed by atoms with E-state index in [-0.39, 0.29) is 25.5 Å². The number of fused-ring (bicyclic) bond motifs is 6. The molecule has 0 amide bonds. The van der Waals surface area contributed by atoms with Crippen LogP contribution in [0.3, 0.4) is 0 Å². The molecular weight excluding hydrogens is 1020 g/mol. The predicted molar refractivity (Wildman–Crippen MR) is 277 cm³/mol. The minimum absolute atomic E-state index is 0. The minimum Gasteiger partial charge on any atom is -0.486 e. The van der Waals surface area contributed by atoms with Crippen LogP contribution >= 0.6 is 0 Å². The van der Waals surface area contributed by atoms with E-state index in [0.717, 1.165) is 95.7 Å². The Balaban J connectivity index is 0.000000181. The van der Waals surface area contributed by atoms with Gasteiger partial charge in [0.05, 0.1) is 16.6 Å². The van der Waals surface area contributed by atoms with Gasteiger partial charge in [-0.2, -0.15) is 0 Å². The average Bonchev–Trinajstić information content (AvgIpc) is 3.92. The van der Waals surface area contributed by atoms with Gasteiger partial charge in [-0.1, -0.05) is 97.9 Å². The fourth-order valence-corrected chi connectivity index (χ4v) is 9.20. The fraction of sp³-hybridized carbons (Fsp3) is 0.0968. The van der Waals surface area contributed by atoms with Gasteiger partial charge in [0.15, 0.2) is 0 Å². The van der Waals surface area contributed by atoms with Gasteiger partial charge in [0, 0.05) is 46.1 Å². The molecule has 0 bridgehead atoms. The van der Waals surface area contributed by atoms with Crippen molar-refractivity contribution in [1.29, 1.82) is 0 Å². The number of aryl methyl sites for hydroxylation is 1. The number of hydrogen-bond acceptors (Lipinski definition) is 5. The van der Waals surface area contributed by atoms with Crippen LogP contribution in [0.5, 0.6) is 0 Å². The molecule has 0 unspecified atom stereocenters. The van der Waals surface area contributed by atoms with E-state index in [9.17, 15) is 0 Å². The summed E-state index contributed by atoms with van der Waals surface area (Å²) in [5.74, 6) is 0. The maximum absolute atomic E-state index is 6.08. The zero-order valence-electron chi connectivity index (χ0n) is 38.7. The first-order valence-electron chi connectivity index (χ1n) is 22.9. The summed E-state index contributed by atoms with van der Waals surface area (Å²) in [5, 5.41) is 4.50. The number of hydrogen-bond donors (Lipinski definition) is 0. The Morgan fingerprint density at radius 3 is 2.14 bits per heavy atom. The van der Waals surface area contributed by atoms with Crippen molar-refractivity contribution in [2.75, 3.05) is 0 Å². The van der Waals surface area contributed by atoms with E-state index in [4.69, 9.17) is 4.42 Å². The van der Waals surface area contributed by atoms with Crippen molar-refractivity contribution in [1.82, 2.24) is 24.5 Å². The fourth-order valence-electron chi connectivity index (χ4n) is 9.20. The van der Waals surface area contributed by atoms with Gasteiger partial charge < -0.3 is 23.9 Å². The van der Waals surface area contributed by atoms with Crippen molar-refractivity contribution in [3.8, 4) is 61.7 Å². The molecule has 0 N–H and O–H groups in total. The van der Waals surface area contributed by atoms with E-state index in [2.05, 4.69) is 179 Å². The van der Waals surface area contributed by atoms with E-state index in [1.54, 1.807) is 0 Å². The summed E-state index contributed by atoms with van der Waals surface area (Å²) in [6.07, 6.45) is 6.58. The Hall–Kier alpha value is -7.83. The van der Waals surface area contributed by atoms with Crippen LogP contribution in [0.4, 0.5) is 0 Å². The van der Waals surface area contributed by atoms with E-state index in [1.807, 2.05) is 86.2 Å². The van der Waals surface area contributed by atoms with Crippen LogP contribution in [-0.2, 0) is 26.5 Å². The molecule has 6 heterocycles. The molecule has 0 fully saturated rings. The molecule has 12 aromatic rings. The first kappa shape index (κ1) is 45.0.